The fourth-order valence-electron chi connectivity index (χ4n) is 2.27. The van der Waals surface area contributed by atoms with E-state index in [-0.39, 0.29) is 0 Å². The molecule has 0 amide bonds. The van der Waals surface area contributed by atoms with Crippen molar-refractivity contribution < 1.29 is 4.42 Å². The van der Waals surface area contributed by atoms with Crippen LogP contribution >= 0.6 is 0 Å². The lowest BCUT2D eigenvalue weighted by Gasteiger charge is -2.18. The van der Waals surface area contributed by atoms with E-state index >= 15 is 0 Å². The van der Waals surface area contributed by atoms with E-state index in [1.54, 1.807) is 6.26 Å². The molecule has 2 nitrogen and oxygen atoms in total. The number of aryl methyl sites for hydroxylation is 2. The van der Waals surface area contributed by atoms with Crippen LogP contribution in [-0.2, 0) is 6.42 Å². The molecule has 0 saturated carbocycles. The summed E-state index contributed by atoms with van der Waals surface area (Å²) >= 11 is 0. The second-order valence-electron chi connectivity index (χ2n) is 4.80. The molecule has 0 bridgehead atoms. The minimum atomic E-state index is 0.328. The van der Waals surface area contributed by atoms with Crippen molar-refractivity contribution in [3.8, 4) is 0 Å². The van der Waals surface area contributed by atoms with Gasteiger partial charge in [0.2, 0.25) is 0 Å². The molecule has 0 radical (unpaired) electrons. The summed E-state index contributed by atoms with van der Waals surface area (Å²) in [6.07, 6.45) is 4.57. The van der Waals surface area contributed by atoms with Gasteiger partial charge in [0, 0.05) is 11.6 Å². The molecular weight excluding hydrogens is 222 g/mol. The van der Waals surface area contributed by atoms with Crippen molar-refractivity contribution in [2.24, 2.45) is 0 Å². The molecule has 1 atom stereocenters. The highest BCUT2D eigenvalue weighted by Gasteiger charge is 2.13. The van der Waals surface area contributed by atoms with Gasteiger partial charge >= 0.3 is 0 Å². The number of hydrogen-bond donors (Lipinski definition) is 1. The monoisotopic (exact) mass is 243 g/mol. The molecule has 0 saturated heterocycles. The van der Waals surface area contributed by atoms with E-state index in [1.165, 1.54) is 22.3 Å². The molecule has 96 valence electrons. The molecule has 0 aliphatic rings. The number of hydrogen-bond acceptors (Lipinski definition) is 2. The molecule has 0 fully saturated rings. The van der Waals surface area contributed by atoms with Gasteiger partial charge in [-0.05, 0) is 44.0 Å². The largest absolute Gasteiger partial charge is 0.472 e. The minimum absolute atomic E-state index is 0.328. The summed E-state index contributed by atoms with van der Waals surface area (Å²) in [5.41, 5.74) is 5.30. The predicted molar refractivity (Wildman–Crippen MR) is 74.7 cm³/mol. The van der Waals surface area contributed by atoms with Crippen molar-refractivity contribution >= 4 is 0 Å². The van der Waals surface area contributed by atoms with Crippen LogP contribution in [0.25, 0.3) is 0 Å². The van der Waals surface area contributed by atoms with Gasteiger partial charge in [0.25, 0.3) is 0 Å². The number of likely N-dealkylation sites (N-methyl/N-ethyl adjacent to an activating group) is 1. The third kappa shape index (κ3) is 3.02. The van der Waals surface area contributed by atoms with E-state index in [4.69, 9.17) is 4.42 Å². The zero-order valence-corrected chi connectivity index (χ0v) is 11.4. The van der Waals surface area contributed by atoms with Gasteiger partial charge < -0.3 is 9.73 Å². The van der Waals surface area contributed by atoms with Crippen molar-refractivity contribution in [1.29, 1.82) is 0 Å². The third-order valence-corrected chi connectivity index (χ3v) is 3.32. The van der Waals surface area contributed by atoms with Crippen LogP contribution in [0.5, 0.6) is 0 Å². The van der Waals surface area contributed by atoms with Gasteiger partial charge in [0.15, 0.2) is 0 Å². The van der Waals surface area contributed by atoms with Crippen molar-refractivity contribution in [2.45, 2.75) is 33.2 Å². The third-order valence-electron chi connectivity index (χ3n) is 3.32. The van der Waals surface area contributed by atoms with Crippen molar-refractivity contribution in [3.05, 3.63) is 59.0 Å². The highest BCUT2D eigenvalue weighted by Crippen LogP contribution is 2.21. The van der Waals surface area contributed by atoms with Gasteiger partial charge in [0.1, 0.15) is 0 Å². The fraction of sp³-hybridized carbons (Fsp3) is 0.375. The van der Waals surface area contributed by atoms with Crippen LogP contribution in [0.1, 0.15) is 35.2 Å². The first kappa shape index (κ1) is 12.9. The zero-order chi connectivity index (χ0) is 13.0. The van der Waals surface area contributed by atoms with Gasteiger partial charge in [-0.15, -0.1) is 0 Å². The Morgan fingerprint density at radius 1 is 1.22 bits per heavy atom. The number of furan rings is 1. The summed E-state index contributed by atoms with van der Waals surface area (Å²) in [5, 5.41) is 3.52. The van der Waals surface area contributed by atoms with Gasteiger partial charge in [-0.3, -0.25) is 0 Å². The smallest absolute Gasteiger partial charge is 0.0950 e. The van der Waals surface area contributed by atoms with Crippen molar-refractivity contribution in [2.75, 3.05) is 6.54 Å². The Kier molecular flexibility index (Phi) is 4.21. The molecule has 18 heavy (non-hydrogen) atoms. The summed E-state index contributed by atoms with van der Waals surface area (Å²) in [4.78, 5) is 0. The normalized spacial score (nSPS) is 12.6. The SMILES string of the molecule is CCNC(Cc1cc(C)ccc1C)c1ccoc1. The summed E-state index contributed by atoms with van der Waals surface area (Å²) in [7, 11) is 0. The molecule has 2 rings (SSSR count). The Labute approximate surface area is 109 Å². The van der Waals surface area contributed by atoms with Crippen LogP contribution in [0, 0.1) is 13.8 Å². The second kappa shape index (κ2) is 5.87. The topological polar surface area (TPSA) is 25.2 Å². The second-order valence-corrected chi connectivity index (χ2v) is 4.80. The zero-order valence-electron chi connectivity index (χ0n) is 11.4. The average molecular weight is 243 g/mol. The lowest BCUT2D eigenvalue weighted by atomic mass is 9.96. The Balaban J connectivity index is 2.21. The standard InChI is InChI=1S/C16H21NO/c1-4-17-16(14-7-8-18-11-14)10-15-9-12(2)5-6-13(15)3/h5-9,11,16-17H,4,10H2,1-3H3. The molecule has 0 aliphatic heterocycles. The molecule has 0 aliphatic carbocycles. The molecular formula is C16H21NO. The lowest BCUT2D eigenvalue weighted by molar-refractivity contribution is 0.524. The van der Waals surface area contributed by atoms with Gasteiger partial charge in [-0.1, -0.05) is 30.7 Å². The highest BCUT2D eigenvalue weighted by atomic mass is 16.3. The van der Waals surface area contributed by atoms with E-state index in [1.807, 2.05) is 12.3 Å². The number of rotatable bonds is 5. The molecule has 0 spiro atoms. The summed E-state index contributed by atoms with van der Waals surface area (Å²) in [5.74, 6) is 0. The van der Waals surface area contributed by atoms with Gasteiger partial charge in [0.05, 0.1) is 12.5 Å². The molecule has 1 N–H and O–H groups in total. The maximum absolute atomic E-state index is 5.19. The number of benzene rings is 1. The molecule has 1 aromatic heterocycles. The Morgan fingerprint density at radius 2 is 2.06 bits per heavy atom. The summed E-state index contributed by atoms with van der Waals surface area (Å²) in [6, 6.07) is 9.01. The molecule has 2 aromatic rings. The van der Waals surface area contributed by atoms with E-state index in [9.17, 15) is 0 Å². The first-order valence-electron chi connectivity index (χ1n) is 6.52. The maximum atomic E-state index is 5.19. The Hall–Kier alpha value is -1.54. The first-order chi connectivity index (χ1) is 8.70. The lowest BCUT2D eigenvalue weighted by Crippen LogP contribution is -2.22. The molecule has 1 heterocycles. The van der Waals surface area contributed by atoms with Crippen LogP contribution in [0.3, 0.4) is 0 Å². The van der Waals surface area contributed by atoms with Crippen molar-refractivity contribution in [3.63, 3.8) is 0 Å². The molecule has 2 heteroatoms. The average Bonchev–Trinajstić information content (AvgIpc) is 2.87. The quantitative estimate of drug-likeness (QED) is 0.864. The van der Waals surface area contributed by atoms with E-state index in [0.717, 1.165) is 13.0 Å². The van der Waals surface area contributed by atoms with E-state index in [0.29, 0.717) is 6.04 Å². The fourth-order valence-corrected chi connectivity index (χ4v) is 2.27. The van der Waals surface area contributed by atoms with Crippen LogP contribution in [0.15, 0.2) is 41.2 Å². The maximum Gasteiger partial charge on any atom is 0.0950 e. The van der Waals surface area contributed by atoms with Crippen LogP contribution in [0.2, 0.25) is 0 Å². The Bertz CT molecular complexity index is 488. The van der Waals surface area contributed by atoms with Gasteiger partial charge in [-0.25, -0.2) is 0 Å². The van der Waals surface area contributed by atoms with Crippen LogP contribution in [0.4, 0.5) is 0 Å². The summed E-state index contributed by atoms with van der Waals surface area (Å²) in [6.45, 7) is 7.41. The Morgan fingerprint density at radius 3 is 2.72 bits per heavy atom. The van der Waals surface area contributed by atoms with E-state index < -0.39 is 0 Å². The number of nitrogens with one attached hydrogen (secondary N) is 1. The predicted octanol–water partition coefficient (Wildman–Crippen LogP) is 3.79. The molecule has 1 unspecified atom stereocenters. The van der Waals surface area contributed by atoms with Crippen LogP contribution < -0.4 is 5.32 Å². The molecule has 1 aromatic carbocycles. The summed E-state index contributed by atoms with van der Waals surface area (Å²) < 4.78 is 5.19. The van der Waals surface area contributed by atoms with Crippen LogP contribution in [-0.4, -0.2) is 6.54 Å². The van der Waals surface area contributed by atoms with E-state index in [2.05, 4.69) is 44.3 Å². The minimum Gasteiger partial charge on any atom is -0.472 e. The first-order valence-corrected chi connectivity index (χ1v) is 6.52. The van der Waals surface area contributed by atoms with Gasteiger partial charge in [-0.2, -0.15) is 0 Å². The highest BCUT2D eigenvalue weighted by molar-refractivity contribution is 5.32. The van der Waals surface area contributed by atoms with Crippen molar-refractivity contribution in [1.82, 2.24) is 5.32 Å².